The van der Waals surface area contributed by atoms with Crippen LogP contribution < -0.4 is 24.6 Å². The predicted octanol–water partition coefficient (Wildman–Crippen LogP) is 7.73. The molecule has 240 valence electrons. The summed E-state index contributed by atoms with van der Waals surface area (Å²) in [5.74, 6) is 2.06. The Balaban J connectivity index is 1.39. The largest absolute Gasteiger partial charge is 0.493 e. The van der Waals surface area contributed by atoms with E-state index in [0.717, 1.165) is 66.7 Å². The second-order valence-corrected chi connectivity index (χ2v) is 12.9. The normalized spacial score (nSPS) is 20.3. The van der Waals surface area contributed by atoms with Gasteiger partial charge in [0.15, 0.2) is 11.5 Å². The van der Waals surface area contributed by atoms with Crippen molar-refractivity contribution in [1.82, 2.24) is 5.32 Å². The number of benzene rings is 3. The van der Waals surface area contributed by atoms with Crippen molar-refractivity contribution < 1.29 is 19.1 Å². The Bertz CT molecular complexity index is 1470. The number of methoxy groups -OCH3 is 1. The van der Waals surface area contributed by atoms with Crippen LogP contribution in [0.3, 0.4) is 0 Å². The Morgan fingerprint density at radius 3 is 2.33 bits per heavy atom. The third kappa shape index (κ3) is 7.58. The van der Waals surface area contributed by atoms with Crippen molar-refractivity contribution in [3.63, 3.8) is 0 Å². The van der Waals surface area contributed by atoms with Crippen LogP contribution in [0.4, 0.5) is 11.4 Å². The van der Waals surface area contributed by atoms with Crippen LogP contribution in [0.1, 0.15) is 82.0 Å². The van der Waals surface area contributed by atoms with Gasteiger partial charge in [0, 0.05) is 42.5 Å². The molecular weight excluding hydrogens is 586 g/mol. The molecule has 1 aliphatic carbocycles. The Hall–Kier alpha value is -3.71. The lowest BCUT2D eigenvalue weighted by Crippen LogP contribution is -2.41. The third-order valence-electron chi connectivity index (χ3n) is 9.31. The standard InChI is InChI=1S/C37H46ClN3O4/c1-6-24(3)45-34-22-32-27(20-33(34)44-5)21-36(43)41(37(32)26-10-12-28(38)13-11-26)31-18-16-30(17-19-31)40(4)23-25-8-14-29(15-9-25)39-35(42)7-2/h10-13,16-20,22,24-25,29,37H,6-9,14-15,21,23H2,1-5H3,(H,39,42)/t24-,25-,29-,37?/m1/s1. The SMILES string of the molecule is CCC(=O)N[C@H]1CC[C@H](CN(C)c2ccc(N3C(=O)Cc4cc(OC)c(O[C@H](C)CC)cc4C3c3ccc(Cl)cc3)cc2)CC1. The van der Waals surface area contributed by atoms with Crippen LogP contribution in [0.5, 0.6) is 11.5 Å². The van der Waals surface area contributed by atoms with Crippen molar-refractivity contribution in [2.75, 3.05) is 30.5 Å². The first-order valence-electron chi connectivity index (χ1n) is 16.3. The van der Waals surface area contributed by atoms with Crippen molar-refractivity contribution in [2.24, 2.45) is 5.92 Å². The van der Waals surface area contributed by atoms with Gasteiger partial charge in [-0.25, -0.2) is 0 Å². The van der Waals surface area contributed by atoms with Crippen molar-refractivity contribution in [2.45, 2.75) is 83.9 Å². The quantitative estimate of drug-likeness (QED) is 0.235. The highest BCUT2D eigenvalue weighted by Crippen LogP contribution is 2.44. The molecule has 8 heteroatoms. The van der Waals surface area contributed by atoms with Gasteiger partial charge >= 0.3 is 0 Å². The Labute approximate surface area is 272 Å². The molecule has 0 saturated heterocycles. The summed E-state index contributed by atoms with van der Waals surface area (Å²) in [6.45, 7) is 6.99. The molecule has 7 nitrogen and oxygen atoms in total. The summed E-state index contributed by atoms with van der Waals surface area (Å²) in [6.07, 6.45) is 5.97. The number of nitrogens with one attached hydrogen (secondary N) is 1. The van der Waals surface area contributed by atoms with E-state index in [9.17, 15) is 9.59 Å². The van der Waals surface area contributed by atoms with E-state index in [2.05, 4.69) is 48.5 Å². The maximum Gasteiger partial charge on any atom is 0.232 e. The molecule has 1 unspecified atom stereocenters. The van der Waals surface area contributed by atoms with E-state index in [0.29, 0.717) is 34.9 Å². The van der Waals surface area contributed by atoms with Gasteiger partial charge in [0.1, 0.15) is 0 Å². The number of nitrogens with zero attached hydrogens (tertiary/aromatic N) is 2. The molecule has 2 atom stereocenters. The molecule has 2 amide bonds. The number of amides is 2. The minimum Gasteiger partial charge on any atom is -0.493 e. The van der Waals surface area contributed by atoms with Crippen LogP contribution in [0.15, 0.2) is 60.7 Å². The molecule has 45 heavy (non-hydrogen) atoms. The summed E-state index contributed by atoms with van der Waals surface area (Å²) in [6, 6.07) is 20.0. The molecule has 3 aromatic rings. The van der Waals surface area contributed by atoms with Gasteiger partial charge in [-0.3, -0.25) is 9.59 Å². The van der Waals surface area contributed by atoms with E-state index in [1.807, 2.05) is 55.1 Å². The fourth-order valence-corrected chi connectivity index (χ4v) is 6.68. The highest BCUT2D eigenvalue weighted by atomic mass is 35.5. The van der Waals surface area contributed by atoms with Gasteiger partial charge in [-0.15, -0.1) is 0 Å². The molecule has 0 aromatic heterocycles. The lowest BCUT2D eigenvalue weighted by Gasteiger charge is -2.38. The Kier molecular flexibility index (Phi) is 10.6. The van der Waals surface area contributed by atoms with Crippen LogP contribution >= 0.6 is 11.6 Å². The first-order valence-corrected chi connectivity index (χ1v) is 16.6. The molecule has 1 N–H and O–H groups in total. The van der Waals surface area contributed by atoms with E-state index in [-0.39, 0.29) is 30.4 Å². The number of carbonyl (C=O) groups excluding carboxylic acids is 2. The molecule has 2 aliphatic rings. The Morgan fingerprint density at radius 1 is 1.02 bits per heavy atom. The molecule has 0 spiro atoms. The van der Waals surface area contributed by atoms with Crippen LogP contribution in [0.25, 0.3) is 0 Å². The van der Waals surface area contributed by atoms with Crippen LogP contribution in [-0.2, 0) is 16.0 Å². The minimum atomic E-state index is -0.351. The van der Waals surface area contributed by atoms with E-state index < -0.39 is 0 Å². The summed E-state index contributed by atoms with van der Waals surface area (Å²) in [5.41, 5.74) is 4.88. The number of ether oxygens (including phenoxy) is 2. The first-order chi connectivity index (χ1) is 21.7. The molecule has 1 heterocycles. The first kappa shape index (κ1) is 32.7. The number of hydrogen-bond acceptors (Lipinski definition) is 5. The molecule has 1 fully saturated rings. The zero-order valence-electron chi connectivity index (χ0n) is 27.1. The third-order valence-corrected chi connectivity index (χ3v) is 9.56. The van der Waals surface area contributed by atoms with E-state index in [4.69, 9.17) is 21.1 Å². The molecule has 5 rings (SSSR count). The fraction of sp³-hybridized carbons (Fsp3) is 0.459. The predicted molar refractivity (Wildman–Crippen MR) is 182 cm³/mol. The summed E-state index contributed by atoms with van der Waals surface area (Å²) in [7, 11) is 3.76. The minimum absolute atomic E-state index is 0.0214. The number of carbonyl (C=O) groups is 2. The average molecular weight is 632 g/mol. The number of rotatable bonds is 11. The number of anilines is 2. The van der Waals surface area contributed by atoms with Gasteiger partial charge in [-0.1, -0.05) is 37.6 Å². The number of fused-ring (bicyclic) bond motifs is 1. The zero-order valence-corrected chi connectivity index (χ0v) is 27.9. The van der Waals surface area contributed by atoms with Crippen molar-refractivity contribution in [3.8, 4) is 11.5 Å². The summed E-state index contributed by atoms with van der Waals surface area (Å²) in [5, 5.41) is 3.80. The summed E-state index contributed by atoms with van der Waals surface area (Å²) in [4.78, 5) is 29.9. The van der Waals surface area contributed by atoms with Gasteiger partial charge in [0.2, 0.25) is 11.8 Å². The van der Waals surface area contributed by atoms with Crippen molar-refractivity contribution in [3.05, 3.63) is 82.4 Å². The highest BCUT2D eigenvalue weighted by Gasteiger charge is 2.36. The second-order valence-electron chi connectivity index (χ2n) is 12.5. The number of halogens is 1. The zero-order chi connectivity index (χ0) is 32.1. The summed E-state index contributed by atoms with van der Waals surface area (Å²) < 4.78 is 12.0. The van der Waals surface area contributed by atoms with E-state index in [1.54, 1.807) is 7.11 Å². The smallest absolute Gasteiger partial charge is 0.232 e. The van der Waals surface area contributed by atoms with E-state index >= 15 is 0 Å². The van der Waals surface area contributed by atoms with Crippen molar-refractivity contribution >= 4 is 34.8 Å². The fourth-order valence-electron chi connectivity index (χ4n) is 6.55. The van der Waals surface area contributed by atoms with Crippen LogP contribution in [-0.4, -0.2) is 44.7 Å². The molecule has 1 saturated carbocycles. The monoisotopic (exact) mass is 631 g/mol. The molecule has 0 bridgehead atoms. The van der Waals surface area contributed by atoms with Crippen LogP contribution in [0.2, 0.25) is 5.02 Å². The maximum atomic E-state index is 13.9. The maximum absolute atomic E-state index is 13.9. The van der Waals surface area contributed by atoms with Gasteiger partial charge in [-0.2, -0.15) is 0 Å². The lowest BCUT2D eigenvalue weighted by molar-refractivity contribution is -0.121. The number of hydrogen-bond donors (Lipinski definition) is 1. The average Bonchev–Trinajstić information content (AvgIpc) is 3.05. The van der Waals surface area contributed by atoms with Crippen LogP contribution in [0, 0.1) is 5.92 Å². The van der Waals surface area contributed by atoms with Gasteiger partial charge in [0.25, 0.3) is 0 Å². The highest BCUT2D eigenvalue weighted by molar-refractivity contribution is 6.30. The van der Waals surface area contributed by atoms with Gasteiger partial charge < -0.3 is 24.6 Å². The lowest BCUT2D eigenvalue weighted by atomic mass is 9.85. The molecule has 1 aliphatic heterocycles. The van der Waals surface area contributed by atoms with E-state index in [1.165, 1.54) is 0 Å². The van der Waals surface area contributed by atoms with Gasteiger partial charge in [-0.05, 0) is 110 Å². The Morgan fingerprint density at radius 2 is 1.71 bits per heavy atom. The van der Waals surface area contributed by atoms with Crippen molar-refractivity contribution in [1.29, 1.82) is 0 Å². The molecule has 3 aromatic carbocycles. The second kappa shape index (κ2) is 14.6. The molecule has 0 radical (unpaired) electrons. The molecular formula is C37H46ClN3O4. The van der Waals surface area contributed by atoms with Gasteiger partial charge in [0.05, 0.1) is 25.7 Å². The summed E-state index contributed by atoms with van der Waals surface area (Å²) >= 11 is 6.28. The topological polar surface area (TPSA) is 71.1 Å².